The molecule has 1 aromatic carbocycles. The lowest BCUT2D eigenvalue weighted by molar-refractivity contribution is -0.124. The summed E-state index contributed by atoms with van der Waals surface area (Å²) in [5, 5.41) is 9.29. The SMILES string of the molecule is Cc1ccc(-n2c(C)cc(C=C(C#N)C(=O)N(C)C)c2C)cc1C. The highest BCUT2D eigenvalue weighted by atomic mass is 16.2. The number of aryl methyl sites for hydroxylation is 3. The van der Waals surface area contributed by atoms with Crippen molar-refractivity contribution < 1.29 is 4.79 Å². The zero-order chi connectivity index (χ0) is 18.0. The lowest BCUT2D eigenvalue weighted by Gasteiger charge is -2.12. The summed E-state index contributed by atoms with van der Waals surface area (Å²) >= 11 is 0. The van der Waals surface area contributed by atoms with Crippen LogP contribution in [-0.4, -0.2) is 29.5 Å². The summed E-state index contributed by atoms with van der Waals surface area (Å²) in [6, 6.07) is 10.4. The van der Waals surface area contributed by atoms with E-state index in [1.54, 1.807) is 20.2 Å². The van der Waals surface area contributed by atoms with Crippen LogP contribution < -0.4 is 0 Å². The van der Waals surface area contributed by atoms with Crippen LogP contribution in [0.1, 0.15) is 28.1 Å². The van der Waals surface area contributed by atoms with E-state index in [1.807, 2.05) is 26.0 Å². The Hall–Kier alpha value is -2.80. The van der Waals surface area contributed by atoms with Crippen molar-refractivity contribution in [3.63, 3.8) is 0 Å². The molecule has 1 heterocycles. The predicted octanol–water partition coefficient (Wildman–Crippen LogP) is 3.71. The van der Waals surface area contributed by atoms with E-state index >= 15 is 0 Å². The topological polar surface area (TPSA) is 49.0 Å². The number of likely N-dealkylation sites (N-methyl/N-ethyl adjacent to an activating group) is 1. The zero-order valence-corrected chi connectivity index (χ0v) is 15.1. The van der Waals surface area contributed by atoms with Gasteiger partial charge in [-0.05, 0) is 68.7 Å². The lowest BCUT2D eigenvalue weighted by Crippen LogP contribution is -2.22. The van der Waals surface area contributed by atoms with Gasteiger partial charge in [-0.25, -0.2) is 0 Å². The molecule has 4 heteroatoms. The van der Waals surface area contributed by atoms with Crippen LogP contribution in [0, 0.1) is 39.0 Å². The molecule has 2 rings (SSSR count). The van der Waals surface area contributed by atoms with E-state index in [0.717, 1.165) is 22.6 Å². The molecule has 0 atom stereocenters. The summed E-state index contributed by atoms with van der Waals surface area (Å²) in [6.07, 6.45) is 1.67. The molecule has 0 saturated carbocycles. The lowest BCUT2D eigenvalue weighted by atomic mass is 10.1. The van der Waals surface area contributed by atoms with Crippen LogP contribution in [0.4, 0.5) is 0 Å². The highest BCUT2D eigenvalue weighted by molar-refractivity contribution is 6.01. The number of aromatic nitrogens is 1. The third-order valence-electron chi connectivity index (χ3n) is 4.28. The summed E-state index contributed by atoms with van der Waals surface area (Å²) in [5.41, 5.74) is 6.68. The fourth-order valence-corrected chi connectivity index (χ4v) is 2.73. The van der Waals surface area contributed by atoms with Crippen LogP contribution in [0.25, 0.3) is 11.8 Å². The average molecular weight is 321 g/mol. The molecular weight excluding hydrogens is 298 g/mol. The van der Waals surface area contributed by atoms with Crippen molar-refractivity contribution in [2.75, 3.05) is 14.1 Å². The van der Waals surface area contributed by atoms with E-state index in [2.05, 4.69) is 36.6 Å². The van der Waals surface area contributed by atoms with E-state index in [1.165, 1.54) is 16.0 Å². The average Bonchev–Trinajstić information content (AvgIpc) is 2.81. The van der Waals surface area contributed by atoms with Gasteiger partial charge in [0.1, 0.15) is 11.6 Å². The maximum atomic E-state index is 12.1. The minimum Gasteiger partial charge on any atom is -0.344 e. The van der Waals surface area contributed by atoms with E-state index in [4.69, 9.17) is 0 Å². The molecule has 4 nitrogen and oxygen atoms in total. The fraction of sp³-hybridized carbons (Fsp3) is 0.300. The molecule has 1 amide bonds. The number of amides is 1. The molecule has 1 aromatic heterocycles. The molecule has 124 valence electrons. The molecular formula is C20H23N3O. The van der Waals surface area contributed by atoms with Gasteiger partial charge in [0.05, 0.1) is 0 Å². The Morgan fingerprint density at radius 3 is 2.33 bits per heavy atom. The quantitative estimate of drug-likeness (QED) is 0.639. The number of nitrogens with zero attached hydrogens (tertiary/aromatic N) is 3. The van der Waals surface area contributed by atoms with Crippen molar-refractivity contribution in [2.45, 2.75) is 27.7 Å². The number of rotatable bonds is 3. The van der Waals surface area contributed by atoms with Crippen molar-refractivity contribution in [3.8, 4) is 11.8 Å². The Balaban J connectivity index is 2.55. The molecule has 0 spiro atoms. The molecule has 0 radical (unpaired) electrons. The van der Waals surface area contributed by atoms with E-state index in [-0.39, 0.29) is 11.5 Å². The minimum absolute atomic E-state index is 0.139. The standard InChI is InChI=1S/C20H23N3O/c1-13-7-8-19(9-14(13)2)23-15(3)10-17(16(23)4)11-18(12-21)20(24)22(5)6/h7-11H,1-6H3. The fourth-order valence-electron chi connectivity index (χ4n) is 2.73. The Kier molecular flexibility index (Phi) is 4.94. The monoisotopic (exact) mass is 321 g/mol. The smallest absolute Gasteiger partial charge is 0.264 e. The molecule has 0 saturated heterocycles. The molecule has 0 aliphatic rings. The normalized spacial score (nSPS) is 11.3. The minimum atomic E-state index is -0.284. The first kappa shape index (κ1) is 17.6. The first-order valence-corrected chi connectivity index (χ1v) is 7.86. The van der Waals surface area contributed by atoms with E-state index in [9.17, 15) is 10.1 Å². The van der Waals surface area contributed by atoms with Gasteiger partial charge in [-0.1, -0.05) is 6.07 Å². The van der Waals surface area contributed by atoms with Crippen LogP contribution in [0.15, 0.2) is 29.8 Å². The van der Waals surface area contributed by atoms with E-state index < -0.39 is 0 Å². The van der Waals surface area contributed by atoms with Crippen LogP contribution in [0.3, 0.4) is 0 Å². The number of hydrogen-bond donors (Lipinski definition) is 0. The zero-order valence-electron chi connectivity index (χ0n) is 15.1. The number of carbonyl (C=O) groups is 1. The molecule has 0 N–H and O–H groups in total. The van der Waals surface area contributed by atoms with Crippen LogP contribution >= 0.6 is 0 Å². The van der Waals surface area contributed by atoms with Gasteiger partial charge in [0.2, 0.25) is 0 Å². The number of nitriles is 1. The predicted molar refractivity (Wildman–Crippen MR) is 97.0 cm³/mol. The van der Waals surface area contributed by atoms with Gasteiger partial charge in [-0.2, -0.15) is 5.26 Å². The van der Waals surface area contributed by atoms with Gasteiger partial charge >= 0.3 is 0 Å². The Morgan fingerprint density at radius 1 is 1.12 bits per heavy atom. The first-order chi connectivity index (χ1) is 11.3. The molecule has 0 aliphatic carbocycles. The Morgan fingerprint density at radius 2 is 1.79 bits per heavy atom. The van der Waals surface area contributed by atoms with Crippen molar-refractivity contribution >= 4 is 12.0 Å². The summed E-state index contributed by atoms with van der Waals surface area (Å²) in [4.78, 5) is 13.5. The molecule has 0 fully saturated rings. The van der Waals surface area contributed by atoms with Crippen LogP contribution in [-0.2, 0) is 4.79 Å². The van der Waals surface area contributed by atoms with Gasteiger partial charge in [0, 0.05) is 31.2 Å². The largest absolute Gasteiger partial charge is 0.344 e. The van der Waals surface area contributed by atoms with Crippen molar-refractivity contribution in [3.05, 3.63) is 57.9 Å². The molecule has 0 aliphatic heterocycles. The summed E-state index contributed by atoms with van der Waals surface area (Å²) in [5.74, 6) is -0.284. The van der Waals surface area contributed by atoms with Gasteiger partial charge in [0.25, 0.3) is 5.91 Å². The van der Waals surface area contributed by atoms with Gasteiger partial charge in [-0.3, -0.25) is 4.79 Å². The highest BCUT2D eigenvalue weighted by Crippen LogP contribution is 2.24. The van der Waals surface area contributed by atoms with Gasteiger partial charge in [-0.15, -0.1) is 0 Å². The third-order valence-corrected chi connectivity index (χ3v) is 4.28. The molecule has 0 bridgehead atoms. The maximum absolute atomic E-state index is 12.1. The second-order valence-corrected chi connectivity index (χ2v) is 6.30. The number of hydrogen-bond acceptors (Lipinski definition) is 2. The first-order valence-electron chi connectivity index (χ1n) is 7.86. The summed E-state index contributed by atoms with van der Waals surface area (Å²) in [7, 11) is 3.29. The maximum Gasteiger partial charge on any atom is 0.264 e. The highest BCUT2D eigenvalue weighted by Gasteiger charge is 2.15. The second-order valence-electron chi connectivity index (χ2n) is 6.30. The van der Waals surface area contributed by atoms with Crippen LogP contribution in [0.5, 0.6) is 0 Å². The summed E-state index contributed by atoms with van der Waals surface area (Å²) in [6.45, 7) is 8.22. The van der Waals surface area contributed by atoms with Crippen LogP contribution in [0.2, 0.25) is 0 Å². The van der Waals surface area contributed by atoms with Gasteiger partial charge < -0.3 is 9.47 Å². The van der Waals surface area contributed by atoms with Crippen molar-refractivity contribution in [2.24, 2.45) is 0 Å². The molecule has 24 heavy (non-hydrogen) atoms. The summed E-state index contributed by atoms with van der Waals surface area (Å²) < 4.78 is 2.15. The molecule has 0 unspecified atom stereocenters. The molecule has 2 aromatic rings. The number of carbonyl (C=O) groups excluding carboxylic acids is 1. The van der Waals surface area contributed by atoms with Gasteiger partial charge in [0.15, 0.2) is 0 Å². The Labute approximate surface area is 143 Å². The number of benzene rings is 1. The van der Waals surface area contributed by atoms with Crippen molar-refractivity contribution in [1.29, 1.82) is 5.26 Å². The third kappa shape index (κ3) is 3.26. The Bertz CT molecular complexity index is 864. The van der Waals surface area contributed by atoms with E-state index in [0.29, 0.717) is 0 Å². The second kappa shape index (κ2) is 6.76. The van der Waals surface area contributed by atoms with Crippen molar-refractivity contribution in [1.82, 2.24) is 9.47 Å².